The number of amides is 1. The van der Waals surface area contributed by atoms with Gasteiger partial charge in [-0.2, -0.15) is 0 Å². The van der Waals surface area contributed by atoms with Crippen LogP contribution in [-0.2, 0) is 9.63 Å². The second-order valence-electron chi connectivity index (χ2n) is 4.56. The van der Waals surface area contributed by atoms with Crippen LogP contribution in [0.4, 0.5) is 0 Å². The molecule has 2 N–H and O–H groups in total. The minimum atomic E-state index is -0.404. The molecule has 0 aliphatic carbocycles. The summed E-state index contributed by atoms with van der Waals surface area (Å²) in [5.41, 5.74) is 7.27. The largest absolute Gasteiger partial charge is 0.373 e. The summed E-state index contributed by atoms with van der Waals surface area (Å²) in [6.07, 6.45) is 3.03. The highest BCUT2D eigenvalue weighted by Gasteiger charge is 2.25. The number of hydrogen-bond acceptors (Lipinski definition) is 4. The van der Waals surface area contributed by atoms with Crippen LogP contribution >= 0.6 is 0 Å². The first-order valence-corrected chi connectivity index (χ1v) is 6.63. The Morgan fingerprint density at radius 3 is 2.05 bits per heavy atom. The van der Waals surface area contributed by atoms with Gasteiger partial charge in [-0.05, 0) is 11.1 Å². The Morgan fingerprint density at radius 1 is 1.00 bits per heavy atom. The van der Waals surface area contributed by atoms with Crippen LogP contribution in [0.15, 0.2) is 73.1 Å². The third-order valence-corrected chi connectivity index (χ3v) is 3.17. The predicted octanol–water partition coefficient (Wildman–Crippen LogP) is 2.07. The van der Waals surface area contributed by atoms with Crippen LogP contribution in [0, 0.1) is 0 Å². The summed E-state index contributed by atoms with van der Waals surface area (Å²) in [5, 5.41) is 1.17. The lowest BCUT2D eigenvalue weighted by Gasteiger charge is -2.21. The lowest BCUT2D eigenvalue weighted by atomic mass is 9.91. The van der Waals surface area contributed by atoms with Gasteiger partial charge in [-0.15, -0.1) is 0 Å². The van der Waals surface area contributed by atoms with Crippen molar-refractivity contribution in [3.05, 3.63) is 84.3 Å². The molecule has 0 spiro atoms. The summed E-state index contributed by atoms with van der Waals surface area (Å²) in [5.74, 6) is -0.581. The van der Waals surface area contributed by atoms with Gasteiger partial charge in [0.1, 0.15) is 6.26 Å². The molecule has 0 unspecified atom stereocenters. The predicted molar refractivity (Wildman–Crippen MR) is 78.1 cm³/mol. The first-order chi connectivity index (χ1) is 10.3. The van der Waals surface area contributed by atoms with Crippen LogP contribution in [0.2, 0.25) is 0 Å². The van der Waals surface area contributed by atoms with Crippen LogP contribution in [0.1, 0.15) is 17.0 Å². The first kappa shape index (κ1) is 13.2. The molecule has 106 valence electrons. The van der Waals surface area contributed by atoms with Gasteiger partial charge >= 0.3 is 0 Å². The van der Waals surface area contributed by atoms with Crippen molar-refractivity contribution in [1.82, 2.24) is 16.1 Å². The lowest BCUT2D eigenvalue weighted by Crippen LogP contribution is -2.47. The Morgan fingerprint density at radius 2 is 1.57 bits per heavy atom. The molecule has 0 bridgehead atoms. The molecule has 5 heteroatoms. The van der Waals surface area contributed by atoms with E-state index in [-0.39, 0.29) is 5.91 Å². The van der Waals surface area contributed by atoms with Gasteiger partial charge < -0.3 is 4.84 Å². The number of rotatable bonds is 4. The minimum absolute atomic E-state index is 0.177. The molecule has 3 rings (SSSR count). The molecule has 0 atom stereocenters. The van der Waals surface area contributed by atoms with Crippen LogP contribution in [0.25, 0.3) is 0 Å². The highest BCUT2D eigenvalue weighted by atomic mass is 16.7. The molecular formula is C16H15N3O2. The Hall–Kier alpha value is -2.79. The maximum Gasteiger partial charge on any atom is 0.250 e. The zero-order chi connectivity index (χ0) is 14.5. The molecular weight excluding hydrogens is 266 g/mol. The van der Waals surface area contributed by atoms with Crippen molar-refractivity contribution in [2.24, 2.45) is 0 Å². The van der Waals surface area contributed by atoms with Gasteiger partial charge in [0, 0.05) is 5.28 Å². The molecule has 1 heterocycles. The van der Waals surface area contributed by atoms with Crippen LogP contribution < -0.4 is 10.9 Å². The molecule has 2 aromatic carbocycles. The number of hydrogen-bond donors (Lipinski definition) is 2. The average Bonchev–Trinajstić information content (AvgIpc) is 3.02. The number of carbonyl (C=O) groups excluding carboxylic acids is 1. The molecule has 2 aromatic rings. The van der Waals surface area contributed by atoms with Crippen LogP contribution in [0.5, 0.6) is 0 Å². The molecule has 1 aliphatic rings. The van der Waals surface area contributed by atoms with E-state index in [2.05, 4.69) is 10.9 Å². The van der Waals surface area contributed by atoms with Crippen molar-refractivity contribution in [3.63, 3.8) is 0 Å². The third kappa shape index (κ3) is 3.04. The van der Waals surface area contributed by atoms with E-state index >= 15 is 0 Å². The van der Waals surface area contributed by atoms with Crippen LogP contribution in [0.3, 0.4) is 0 Å². The Labute approximate surface area is 122 Å². The normalized spacial score (nSPS) is 13.8. The van der Waals surface area contributed by atoms with Gasteiger partial charge in [0.25, 0.3) is 0 Å². The highest BCUT2D eigenvalue weighted by Crippen LogP contribution is 2.24. The van der Waals surface area contributed by atoms with Crippen molar-refractivity contribution in [3.8, 4) is 0 Å². The van der Waals surface area contributed by atoms with Crippen LogP contribution in [-0.4, -0.2) is 11.2 Å². The van der Waals surface area contributed by atoms with Crippen molar-refractivity contribution in [1.29, 1.82) is 0 Å². The highest BCUT2D eigenvalue weighted by molar-refractivity contribution is 5.86. The van der Waals surface area contributed by atoms with Gasteiger partial charge in [0.05, 0.1) is 12.1 Å². The van der Waals surface area contributed by atoms with E-state index in [1.54, 1.807) is 6.20 Å². The topological polar surface area (TPSA) is 53.6 Å². The molecule has 1 amide bonds. The average molecular weight is 281 g/mol. The van der Waals surface area contributed by atoms with E-state index in [9.17, 15) is 4.79 Å². The number of carbonyl (C=O) groups is 1. The molecule has 0 radical (unpaired) electrons. The SMILES string of the molecule is O=C(NN1NC=CO1)C(c1ccccc1)c1ccccc1. The number of nitrogens with one attached hydrogen (secondary N) is 2. The van der Waals surface area contributed by atoms with Crippen molar-refractivity contribution >= 4 is 5.91 Å². The van der Waals surface area contributed by atoms with E-state index in [1.807, 2.05) is 60.7 Å². The number of benzene rings is 2. The smallest absolute Gasteiger partial charge is 0.250 e. The Bertz CT molecular complexity index is 581. The molecule has 0 aromatic heterocycles. The fourth-order valence-electron chi connectivity index (χ4n) is 2.23. The van der Waals surface area contributed by atoms with Gasteiger partial charge in [0.2, 0.25) is 5.91 Å². The molecule has 5 nitrogen and oxygen atoms in total. The van der Waals surface area contributed by atoms with Crippen molar-refractivity contribution in [2.75, 3.05) is 0 Å². The molecule has 21 heavy (non-hydrogen) atoms. The quantitative estimate of drug-likeness (QED) is 0.901. The fraction of sp³-hybridized carbons (Fsp3) is 0.0625. The van der Waals surface area contributed by atoms with Crippen molar-refractivity contribution in [2.45, 2.75) is 5.92 Å². The van der Waals surface area contributed by atoms with Gasteiger partial charge in [-0.3, -0.25) is 10.2 Å². The second kappa shape index (κ2) is 6.11. The first-order valence-electron chi connectivity index (χ1n) is 6.63. The summed E-state index contributed by atoms with van der Waals surface area (Å²) < 4.78 is 0. The standard InChI is InChI=1S/C16H15N3O2/c20-16(18-19-17-11-12-21-19)15(13-7-3-1-4-8-13)14-9-5-2-6-10-14/h1-12,15,17H,(H,18,20). The minimum Gasteiger partial charge on any atom is -0.373 e. The zero-order valence-corrected chi connectivity index (χ0v) is 11.3. The van der Waals surface area contributed by atoms with E-state index < -0.39 is 5.92 Å². The van der Waals surface area contributed by atoms with Gasteiger partial charge in [-0.1, -0.05) is 60.7 Å². The fourth-order valence-corrected chi connectivity index (χ4v) is 2.23. The summed E-state index contributed by atoms with van der Waals surface area (Å²) in [7, 11) is 0. The van der Waals surface area contributed by atoms with Crippen molar-refractivity contribution < 1.29 is 9.63 Å². The van der Waals surface area contributed by atoms with E-state index in [1.165, 1.54) is 11.5 Å². The van der Waals surface area contributed by atoms with E-state index in [0.29, 0.717) is 0 Å². The summed E-state index contributed by atoms with van der Waals surface area (Å²) in [6, 6.07) is 19.3. The summed E-state index contributed by atoms with van der Waals surface area (Å²) in [4.78, 5) is 17.7. The maximum atomic E-state index is 12.6. The number of nitrogens with zero attached hydrogens (tertiary/aromatic N) is 1. The molecule has 0 fully saturated rings. The number of hydrazine groups is 2. The lowest BCUT2D eigenvalue weighted by molar-refractivity contribution is -0.172. The molecule has 1 aliphatic heterocycles. The summed E-state index contributed by atoms with van der Waals surface area (Å²) in [6.45, 7) is 0. The van der Waals surface area contributed by atoms with E-state index in [0.717, 1.165) is 11.1 Å². The maximum absolute atomic E-state index is 12.6. The summed E-state index contributed by atoms with van der Waals surface area (Å²) >= 11 is 0. The monoisotopic (exact) mass is 281 g/mol. The molecule has 0 saturated carbocycles. The van der Waals surface area contributed by atoms with E-state index in [4.69, 9.17) is 4.84 Å². The zero-order valence-electron chi connectivity index (χ0n) is 11.3. The third-order valence-electron chi connectivity index (χ3n) is 3.17. The van der Waals surface area contributed by atoms with Gasteiger partial charge in [-0.25, -0.2) is 5.43 Å². The molecule has 0 saturated heterocycles. The Kier molecular flexibility index (Phi) is 3.84. The van der Waals surface area contributed by atoms with Gasteiger partial charge in [0.15, 0.2) is 0 Å². The second-order valence-corrected chi connectivity index (χ2v) is 4.56. The Balaban J connectivity index is 1.87.